The molecule has 1 atom stereocenters. The van der Waals surface area contributed by atoms with Crippen molar-refractivity contribution in [1.82, 2.24) is 15.0 Å². The first kappa shape index (κ1) is 13.1. The van der Waals surface area contributed by atoms with Crippen LogP contribution in [0.5, 0.6) is 0 Å². The van der Waals surface area contributed by atoms with Gasteiger partial charge in [-0.1, -0.05) is 12.1 Å². The van der Waals surface area contributed by atoms with Gasteiger partial charge in [0.05, 0.1) is 5.92 Å². The molecule has 0 saturated carbocycles. The second kappa shape index (κ2) is 4.71. The number of likely N-dealkylation sites (tertiary alicyclic amines) is 1. The van der Waals surface area contributed by atoms with E-state index in [1.54, 1.807) is 0 Å². The van der Waals surface area contributed by atoms with Gasteiger partial charge >= 0.3 is 0 Å². The number of rotatable bonds is 3. The summed E-state index contributed by atoms with van der Waals surface area (Å²) in [6, 6.07) is 0. The smallest absolute Gasteiger partial charge is 0.232 e. The summed E-state index contributed by atoms with van der Waals surface area (Å²) in [6.45, 7) is 8.89. The van der Waals surface area contributed by atoms with E-state index in [1.165, 1.54) is 0 Å². The Labute approximate surface area is 108 Å². The highest BCUT2D eigenvalue weighted by atomic mass is 16.5. The fraction of sp³-hybridized carbons (Fsp3) is 0.769. The Bertz CT molecular complexity index is 434. The van der Waals surface area contributed by atoms with Crippen LogP contribution in [-0.4, -0.2) is 33.0 Å². The van der Waals surface area contributed by atoms with E-state index in [0.29, 0.717) is 18.9 Å². The van der Waals surface area contributed by atoms with Gasteiger partial charge in [-0.05, 0) is 27.2 Å². The third kappa shape index (κ3) is 2.54. The quantitative estimate of drug-likeness (QED) is 0.825. The molecule has 0 aliphatic carbocycles. The van der Waals surface area contributed by atoms with Crippen molar-refractivity contribution in [2.24, 2.45) is 0 Å². The molecule has 0 radical (unpaired) electrons. The Kier molecular flexibility index (Phi) is 3.41. The summed E-state index contributed by atoms with van der Waals surface area (Å²) < 4.78 is 5.27. The number of carbonyl (C=O) groups is 1. The van der Waals surface area contributed by atoms with Crippen molar-refractivity contribution >= 4 is 5.91 Å². The Hall–Kier alpha value is -1.39. The van der Waals surface area contributed by atoms with Crippen molar-refractivity contribution in [3.05, 3.63) is 11.7 Å². The summed E-state index contributed by atoms with van der Waals surface area (Å²) in [6.07, 6.45) is 2.30. The highest BCUT2D eigenvalue weighted by molar-refractivity contribution is 5.80. The second-order valence-corrected chi connectivity index (χ2v) is 5.88. The highest BCUT2D eigenvalue weighted by Crippen LogP contribution is 2.31. The van der Waals surface area contributed by atoms with Gasteiger partial charge < -0.3 is 9.42 Å². The molecule has 1 aliphatic rings. The first-order valence-electron chi connectivity index (χ1n) is 6.54. The van der Waals surface area contributed by atoms with Gasteiger partial charge in [0.2, 0.25) is 11.8 Å². The number of aromatic nitrogens is 2. The van der Waals surface area contributed by atoms with Crippen LogP contribution in [0.25, 0.3) is 0 Å². The Morgan fingerprint density at radius 3 is 2.72 bits per heavy atom. The molecule has 18 heavy (non-hydrogen) atoms. The molecule has 1 aliphatic heterocycles. The first-order valence-corrected chi connectivity index (χ1v) is 6.54. The maximum atomic E-state index is 12.0. The molecule has 0 bridgehead atoms. The van der Waals surface area contributed by atoms with Crippen molar-refractivity contribution in [3.8, 4) is 0 Å². The molecule has 0 spiro atoms. The van der Waals surface area contributed by atoms with E-state index in [1.807, 2.05) is 25.7 Å². The van der Waals surface area contributed by atoms with Gasteiger partial charge in [-0.2, -0.15) is 4.98 Å². The molecular formula is C13H21N3O2. The SMILES string of the molecule is CCCc1noc([C@H]2CC(=O)N(C(C)(C)C)C2)n1. The number of nitrogens with zero attached hydrogens (tertiary/aromatic N) is 3. The van der Waals surface area contributed by atoms with E-state index in [0.717, 1.165) is 18.7 Å². The fourth-order valence-corrected chi connectivity index (χ4v) is 2.28. The topological polar surface area (TPSA) is 59.2 Å². The molecule has 0 unspecified atom stereocenters. The van der Waals surface area contributed by atoms with E-state index in [2.05, 4.69) is 17.1 Å². The zero-order valence-corrected chi connectivity index (χ0v) is 11.6. The fourth-order valence-electron chi connectivity index (χ4n) is 2.28. The van der Waals surface area contributed by atoms with Gasteiger partial charge in [-0.15, -0.1) is 0 Å². The number of hydrogen-bond acceptors (Lipinski definition) is 4. The molecule has 2 heterocycles. The van der Waals surface area contributed by atoms with E-state index >= 15 is 0 Å². The van der Waals surface area contributed by atoms with Crippen LogP contribution >= 0.6 is 0 Å². The summed E-state index contributed by atoms with van der Waals surface area (Å²) in [5, 5.41) is 3.95. The Morgan fingerprint density at radius 2 is 2.17 bits per heavy atom. The summed E-state index contributed by atoms with van der Waals surface area (Å²) >= 11 is 0. The van der Waals surface area contributed by atoms with Gasteiger partial charge in [-0.25, -0.2) is 0 Å². The lowest BCUT2D eigenvalue weighted by molar-refractivity contribution is -0.131. The summed E-state index contributed by atoms with van der Waals surface area (Å²) in [4.78, 5) is 18.2. The standard InChI is InChI=1S/C13H21N3O2/c1-5-6-10-14-12(18-15-10)9-7-11(17)16(8-9)13(2,3)4/h9H,5-8H2,1-4H3/t9-/m0/s1. The van der Waals surface area contributed by atoms with Crippen LogP contribution in [0.1, 0.15) is 58.2 Å². The highest BCUT2D eigenvalue weighted by Gasteiger charge is 2.39. The zero-order chi connectivity index (χ0) is 13.3. The molecule has 5 heteroatoms. The molecule has 2 rings (SSSR count). The minimum absolute atomic E-state index is 0.0508. The van der Waals surface area contributed by atoms with E-state index in [4.69, 9.17) is 4.52 Å². The van der Waals surface area contributed by atoms with E-state index < -0.39 is 0 Å². The van der Waals surface area contributed by atoms with Crippen LogP contribution in [0.3, 0.4) is 0 Å². The van der Waals surface area contributed by atoms with Crippen LogP contribution in [0, 0.1) is 0 Å². The van der Waals surface area contributed by atoms with Crippen molar-refractivity contribution < 1.29 is 9.32 Å². The second-order valence-electron chi connectivity index (χ2n) is 5.88. The Balaban J connectivity index is 2.09. The monoisotopic (exact) mass is 251 g/mol. The lowest BCUT2D eigenvalue weighted by Crippen LogP contribution is -2.42. The summed E-state index contributed by atoms with van der Waals surface area (Å²) in [5.74, 6) is 1.57. The molecule has 1 aromatic heterocycles. The molecule has 100 valence electrons. The van der Waals surface area contributed by atoms with Gasteiger partial charge in [0, 0.05) is 24.9 Å². The number of carbonyl (C=O) groups excluding carboxylic acids is 1. The predicted octanol–water partition coefficient (Wildman–Crippen LogP) is 2.14. The molecule has 5 nitrogen and oxygen atoms in total. The first-order chi connectivity index (χ1) is 8.41. The number of amides is 1. The number of hydrogen-bond donors (Lipinski definition) is 0. The predicted molar refractivity (Wildman–Crippen MR) is 67.1 cm³/mol. The lowest BCUT2D eigenvalue weighted by atomic mass is 10.1. The van der Waals surface area contributed by atoms with Crippen molar-refractivity contribution in [2.75, 3.05) is 6.54 Å². The third-order valence-corrected chi connectivity index (χ3v) is 3.24. The van der Waals surface area contributed by atoms with E-state index in [9.17, 15) is 4.79 Å². The van der Waals surface area contributed by atoms with Gasteiger partial charge in [-0.3, -0.25) is 4.79 Å². The maximum absolute atomic E-state index is 12.0. The van der Waals surface area contributed by atoms with Crippen LogP contribution < -0.4 is 0 Å². The molecule has 1 aromatic rings. The van der Waals surface area contributed by atoms with Crippen LogP contribution in [0.2, 0.25) is 0 Å². The Morgan fingerprint density at radius 1 is 1.44 bits per heavy atom. The van der Waals surface area contributed by atoms with Gasteiger partial charge in [0.15, 0.2) is 5.82 Å². The normalized spacial score (nSPS) is 20.8. The van der Waals surface area contributed by atoms with Crippen LogP contribution in [-0.2, 0) is 11.2 Å². The van der Waals surface area contributed by atoms with Gasteiger partial charge in [0.25, 0.3) is 0 Å². The van der Waals surface area contributed by atoms with Crippen LogP contribution in [0.15, 0.2) is 4.52 Å². The molecule has 1 amide bonds. The average Bonchev–Trinajstić information content (AvgIpc) is 2.84. The van der Waals surface area contributed by atoms with Crippen LogP contribution in [0.4, 0.5) is 0 Å². The largest absolute Gasteiger partial charge is 0.339 e. The third-order valence-electron chi connectivity index (χ3n) is 3.24. The minimum atomic E-state index is -0.141. The molecule has 1 fully saturated rings. The summed E-state index contributed by atoms with van der Waals surface area (Å²) in [5.41, 5.74) is -0.141. The zero-order valence-electron chi connectivity index (χ0n) is 11.6. The summed E-state index contributed by atoms with van der Waals surface area (Å²) in [7, 11) is 0. The molecule has 0 N–H and O–H groups in total. The van der Waals surface area contributed by atoms with Crippen molar-refractivity contribution in [1.29, 1.82) is 0 Å². The molecule has 1 saturated heterocycles. The number of aryl methyl sites for hydroxylation is 1. The van der Waals surface area contributed by atoms with E-state index in [-0.39, 0.29) is 17.4 Å². The lowest BCUT2D eigenvalue weighted by Gasteiger charge is -2.31. The molecule has 0 aromatic carbocycles. The minimum Gasteiger partial charge on any atom is -0.339 e. The molecular weight excluding hydrogens is 230 g/mol. The van der Waals surface area contributed by atoms with Gasteiger partial charge in [0.1, 0.15) is 0 Å². The van der Waals surface area contributed by atoms with Crippen molar-refractivity contribution in [2.45, 2.75) is 58.4 Å². The van der Waals surface area contributed by atoms with Crippen molar-refractivity contribution in [3.63, 3.8) is 0 Å². The average molecular weight is 251 g/mol. The maximum Gasteiger partial charge on any atom is 0.232 e.